The van der Waals surface area contributed by atoms with Gasteiger partial charge in [0.1, 0.15) is 23.4 Å². The fourth-order valence-electron chi connectivity index (χ4n) is 9.50. The van der Waals surface area contributed by atoms with Gasteiger partial charge in [0.15, 0.2) is 23.0 Å². The van der Waals surface area contributed by atoms with Gasteiger partial charge in [0, 0.05) is 40.9 Å². The predicted molar refractivity (Wildman–Crippen MR) is 202 cm³/mol. The summed E-state index contributed by atoms with van der Waals surface area (Å²) in [4.78, 5) is 59.2. The summed E-state index contributed by atoms with van der Waals surface area (Å²) >= 11 is 0. The molecule has 0 aliphatic carbocycles. The average Bonchev–Trinajstić information content (AvgIpc) is 3.74. The van der Waals surface area contributed by atoms with Crippen LogP contribution in [0.3, 0.4) is 0 Å². The van der Waals surface area contributed by atoms with Crippen molar-refractivity contribution < 1.29 is 48.0 Å². The summed E-state index contributed by atoms with van der Waals surface area (Å²) in [6.07, 6.45) is -0.238. The van der Waals surface area contributed by atoms with Crippen molar-refractivity contribution in [2.75, 3.05) is 27.5 Å². The Morgan fingerprint density at radius 1 is 1.04 bits per heavy atom. The Hall–Kier alpha value is -5.85. The van der Waals surface area contributed by atoms with Crippen molar-refractivity contribution in [3.05, 3.63) is 74.8 Å². The van der Waals surface area contributed by atoms with Gasteiger partial charge in [-0.3, -0.25) is 29.1 Å². The highest BCUT2D eigenvalue weighted by Gasteiger charge is 2.57. The number of amides is 3. The zero-order chi connectivity index (χ0) is 40.8. The normalized spacial score (nSPS) is 23.8. The zero-order valence-corrected chi connectivity index (χ0v) is 33.1. The molecule has 8 rings (SSSR count). The molecule has 0 aromatic heterocycles. The van der Waals surface area contributed by atoms with E-state index < -0.39 is 59.7 Å². The van der Waals surface area contributed by atoms with Crippen LogP contribution < -0.4 is 24.3 Å². The topological polar surface area (TPSA) is 180 Å². The SMILES string of the molecule is COc1c(C)cc2c(c1OC(=O)OC(C)(C)C)[C@@H]1[C@@H]3Cc4c(O)c(C)c5c(c4[C@H](CNC(=O)[C@H](C)N4C(=O)c6ccccc6C4=O)N3[C@@H](C#N)[C@H](C2)N1C)OCO5. The van der Waals surface area contributed by atoms with Crippen LogP contribution in [0.25, 0.3) is 0 Å². The maximum Gasteiger partial charge on any atom is 0.514 e. The summed E-state index contributed by atoms with van der Waals surface area (Å²) in [5.41, 5.74) is 3.57. The van der Waals surface area contributed by atoms with Gasteiger partial charge in [-0.05, 0) is 84.7 Å². The highest BCUT2D eigenvalue weighted by Crippen LogP contribution is 2.58. The van der Waals surface area contributed by atoms with E-state index in [0.29, 0.717) is 45.9 Å². The Morgan fingerprint density at radius 3 is 2.33 bits per heavy atom. The number of nitriles is 1. The zero-order valence-electron chi connectivity index (χ0n) is 33.1. The second-order valence-corrected chi connectivity index (χ2v) is 16.3. The lowest BCUT2D eigenvalue weighted by Crippen LogP contribution is -2.69. The van der Waals surface area contributed by atoms with Crippen LogP contribution >= 0.6 is 0 Å². The van der Waals surface area contributed by atoms with Gasteiger partial charge in [-0.2, -0.15) is 5.26 Å². The quantitative estimate of drug-likeness (QED) is 0.201. The van der Waals surface area contributed by atoms with E-state index in [9.17, 15) is 29.5 Å². The van der Waals surface area contributed by atoms with Gasteiger partial charge in [0.05, 0.1) is 36.4 Å². The summed E-state index contributed by atoms with van der Waals surface area (Å²) < 4.78 is 29.4. The van der Waals surface area contributed by atoms with Crippen LogP contribution in [-0.4, -0.2) is 101 Å². The Kier molecular flexibility index (Phi) is 9.12. The number of nitrogens with zero attached hydrogens (tertiary/aromatic N) is 4. The molecule has 1 saturated heterocycles. The fraction of sp³-hybridized carbons (Fsp3) is 0.452. The summed E-state index contributed by atoms with van der Waals surface area (Å²) in [5, 5.41) is 25.9. The minimum Gasteiger partial charge on any atom is -0.507 e. The van der Waals surface area contributed by atoms with E-state index in [4.69, 9.17) is 23.7 Å². The molecule has 0 radical (unpaired) electrons. The van der Waals surface area contributed by atoms with E-state index in [1.54, 1.807) is 52.0 Å². The van der Waals surface area contributed by atoms with Crippen molar-refractivity contribution in [2.45, 2.75) is 96.2 Å². The van der Waals surface area contributed by atoms with Crippen molar-refractivity contribution in [3.8, 4) is 34.8 Å². The van der Waals surface area contributed by atoms with E-state index in [2.05, 4.69) is 21.2 Å². The maximum atomic E-state index is 14.0. The Bertz CT molecular complexity index is 2260. The van der Waals surface area contributed by atoms with Crippen molar-refractivity contribution in [3.63, 3.8) is 0 Å². The van der Waals surface area contributed by atoms with E-state index in [-0.39, 0.29) is 48.4 Å². The van der Waals surface area contributed by atoms with Gasteiger partial charge < -0.3 is 34.1 Å². The number of phenolic OH excluding ortho intramolecular Hbond substituents is 1. The van der Waals surface area contributed by atoms with Gasteiger partial charge in [-0.15, -0.1) is 0 Å². The second kappa shape index (κ2) is 13.7. The number of hydrogen-bond donors (Lipinski definition) is 2. The third-order valence-corrected chi connectivity index (χ3v) is 11.9. The number of imide groups is 1. The van der Waals surface area contributed by atoms with E-state index >= 15 is 0 Å². The number of aromatic hydroxyl groups is 1. The molecular formula is C42H45N5O10. The fourth-order valence-corrected chi connectivity index (χ4v) is 9.50. The number of carbonyl (C=O) groups is 4. The molecule has 2 bridgehead atoms. The summed E-state index contributed by atoms with van der Waals surface area (Å²) in [5.74, 6) is -0.329. The molecule has 0 unspecified atom stereocenters. The second-order valence-electron chi connectivity index (χ2n) is 16.3. The molecule has 5 aliphatic rings. The van der Waals surface area contributed by atoms with Crippen molar-refractivity contribution in [1.82, 2.24) is 20.0 Å². The third-order valence-electron chi connectivity index (χ3n) is 11.9. The lowest BCUT2D eigenvalue weighted by Gasteiger charge is -2.60. The standard InChI is InChI=1S/C42H45N5O10/c1-19-13-22-14-26-28(16-43)47-27(32(45(26)7)30(22)37(34(19)53-8)56-41(52)57-42(4,5)6)15-25-31(36-35(54-18-55-36)20(2)33(25)48)29(47)17-44-38(49)21(3)46-39(50)23-11-9-10-12-24(23)40(46)51/h9-13,21,26-29,32,48H,14-15,17-18H2,1-8H3,(H,44,49)/t21-,26-,27-,28-,29-,32-/m0/s1. The first-order valence-electron chi connectivity index (χ1n) is 19.0. The summed E-state index contributed by atoms with van der Waals surface area (Å²) in [7, 11) is 3.44. The van der Waals surface area contributed by atoms with Gasteiger partial charge in [-0.1, -0.05) is 18.2 Å². The minimum atomic E-state index is -1.17. The van der Waals surface area contributed by atoms with E-state index in [1.165, 1.54) is 14.0 Å². The molecule has 2 N–H and O–H groups in total. The Morgan fingerprint density at radius 2 is 1.70 bits per heavy atom. The number of aryl methyl sites for hydroxylation is 1. The van der Waals surface area contributed by atoms with Gasteiger partial charge >= 0.3 is 6.16 Å². The first-order chi connectivity index (χ1) is 27.1. The number of methoxy groups -OCH3 is 1. The van der Waals surface area contributed by atoms with Crippen LogP contribution in [0, 0.1) is 25.2 Å². The number of likely N-dealkylation sites (N-methyl/N-ethyl adjacent to an activating group) is 1. The molecule has 57 heavy (non-hydrogen) atoms. The third kappa shape index (κ3) is 5.84. The molecule has 298 valence electrons. The molecule has 15 heteroatoms. The minimum absolute atomic E-state index is 0.00523. The average molecular weight is 780 g/mol. The molecule has 3 aromatic carbocycles. The van der Waals surface area contributed by atoms with E-state index in [1.807, 2.05) is 20.0 Å². The maximum absolute atomic E-state index is 14.0. The van der Waals surface area contributed by atoms with Crippen molar-refractivity contribution in [1.29, 1.82) is 5.26 Å². The molecule has 6 atom stereocenters. The monoisotopic (exact) mass is 779 g/mol. The number of phenols is 1. The van der Waals surface area contributed by atoms with Gasteiger partial charge in [0.25, 0.3) is 11.8 Å². The molecule has 5 aliphatic heterocycles. The molecule has 5 heterocycles. The molecule has 3 aromatic rings. The molecule has 0 saturated carbocycles. The molecule has 1 fully saturated rings. The number of nitrogens with one attached hydrogen (secondary N) is 1. The number of carbonyl (C=O) groups excluding carboxylic acids is 4. The summed E-state index contributed by atoms with van der Waals surface area (Å²) in [6, 6.07) is 6.96. The highest BCUT2D eigenvalue weighted by molar-refractivity contribution is 6.22. The first kappa shape index (κ1) is 38.0. The van der Waals surface area contributed by atoms with Crippen molar-refractivity contribution in [2.24, 2.45) is 0 Å². The molecular weight excluding hydrogens is 734 g/mol. The largest absolute Gasteiger partial charge is 0.514 e. The number of ether oxygens (including phenoxy) is 5. The molecule has 3 amide bonds. The van der Waals surface area contributed by atoms with Gasteiger partial charge in [-0.25, -0.2) is 4.79 Å². The predicted octanol–water partition coefficient (Wildman–Crippen LogP) is 4.63. The first-order valence-corrected chi connectivity index (χ1v) is 19.0. The molecule has 0 spiro atoms. The number of piperazine rings is 1. The van der Waals surface area contributed by atoms with Crippen LogP contribution in [0.4, 0.5) is 4.79 Å². The lowest BCUT2D eigenvalue weighted by molar-refractivity contribution is -0.125. The summed E-state index contributed by atoms with van der Waals surface area (Å²) in [6.45, 7) is 10.2. The van der Waals surface area contributed by atoms with Crippen LogP contribution in [0.15, 0.2) is 30.3 Å². The molecule has 15 nitrogen and oxygen atoms in total. The number of hydrogen-bond acceptors (Lipinski definition) is 13. The van der Waals surface area contributed by atoms with Crippen LogP contribution in [-0.2, 0) is 22.4 Å². The Labute approximate surface area is 330 Å². The smallest absolute Gasteiger partial charge is 0.507 e. The van der Waals surface area contributed by atoms with Gasteiger partial charge in [0.2, 0.25) is 12.7 Å². The van der Waals surface area contributed by atoms with E-state index in [0.717, 1.165) is 16.0 Å². The number of fused-ring (bicyclic) bond motifs is 10. The van der Waals surface area contributed by atoms with Crippen LogP contribution in [0.5, 0.6) is 28.7 Å². The van der Waals surface area contributed by atoms with Crippen LogP contribution in [0.1, 0.15) is 93.9 Å². The highest BCUT2D eigenvalue weighted by atomic mass is 16.7. The van der Waals surface area contributed by atoms with Crippen molar-refractivity contribution >= 4 is 23.9 Å². The Balaban J connectivity index is 1.23. The van der Waals surface area contributed by atoms with Crippen LogP contribution in [0.2, 0.25) is 0 Å². The lowest BCUT2D eigenvalue weighted by atomic mass is 9.71. The number of benzene rings is 3. The number of rotatable bonds is 6.